The summed E-state index contributed by atoms with van der Waals surface area (Å²) in [4.78, 5) is 4.24. The highest BCUT2D eigenvalue weighted by atomic mass is 19.1. The van der Waals surface area contributed by atoms with E-state index < -0.39 is 0 Å². The van der Waals surface area contributed by atoms with Crippen LogP contribution in [0.5, 0.6) is 5.75 Å². The van der Waals surface area contributed by atoms with Gasteiger partial charge in [0, 0.05) is 5.56 Å². The van der Waals surface area contributed by atoms with Crippen molar-refractivity contribution in [3.63, 3.8) is 0 Å². The Morgan fingerprint density at radius 2 is 1.75 bits per heavy atom. The Labute approximate surface area is 114 Å². The number of rotatable bonds is 4. The van der Waals surface area contributed by atoms with E-state index in [1.807, 2.05) is 30.3 Å². The lowest BCUT2D eigenvalue weighted by Gasteiger charge is -2.01. The van der Waals surface area contributed by atoms with Crippen molar-refractivity contribution in [2.24, 2.45) is 0 Å². The molecule has 4 nitrogen and oxygen atoms in total. The summed E-state index contributed by atoms with van der Waals surface area (Å²) in [6.45, 7) is 0.144. The predicted octanol–water partition coefficient (Wildman–Crippen LogP) is 3.45. The molecule has 0 aliphatic carbocycles. The second kappa shape index (κ2) is 5.52. The Hall–Kier alpha value is -2.69. The van der Waals surface area contributed by atoms with E-state index in [0.717, 1.165) is 5.56 Å². The second-order valence-electron chi connectivity index (χ2n) is 4.12. The summed E-state index contributed by atoms with van der Waals surface area (Å²) in [7, 11) is 0. The lowest BCUT2D eigenvalue weighted by atomic mass is 10.2. The molecule has 0 atom stereocenters. The van der Waals surface area contributed by atoms with Crippen LogP contribution in [0.15, 0.2) is 59.1 Å². The minimum Gasteiger partial charge on any atom is -0.484 e. The number of benzene rings is 2. The van der Waals surface area contributed by atoms with Crippen LogP contribution in [0.1, 0.15) is 5.89 Å². The zero-order chi connectivity index (χ0) is 13.8. The lowest BCUT2D eigenvalue weighted by Crippen LogP contribution is -1.95. The first kappa shape index (κ1) is 12.3. The average Bonchev–Trinajstić information content (AvgIpc) is 2.97. The first-order valence-electron chi connectivity index (χ1n) is 6.07. The Morgan fingerprint density at radius 1 is 1.00 bits per heavy atom. The first-order valence-corrected chi connectivity index (χ1v) is 6.07. The predicted molar refractivity (Wildman–Crippen MR) is 70.5 cm³/mol. The maximum absolute atomic E-state index is 12.7. The number of halogens is 1. The van der Waals surface area contributed by atoms with Crippen molar-refractivity contribution in [3.8, 4) is 17.1 Å². The van der Waals surface area contributed by atoms with Crippen molar-refractivity contribution < 1.29 is 13.7 Å². The van der Waals surface area contributed by atoms with Gasteiger partial charge in [-0.1, -0.05) is 35.5 Å². The monoisotopic (exact) mass is 270 g/mol. The van der Waals surface area contributed by atoms with Crippen LogP contribution in [0.3, 0.4) is 0 Å². The molecular formula is C15H11FN2O2. The number of nitrogens with zero attached hydrogens (tertiary/aromatic N) is 2. The number of ether oxygens (including phenoxy) is 1. The van der Waals surface area contributed by atoms with E-state index >= 15 is 0 Å². The van der Waals surface area contributed by atoms with E-state index in [-0.39, 0.29) is 12.4 Å². The molecule has 20 heavy (non-hydrogen) atoms. The van der Waals surface area contributed by atoms with Crippen LogP contribution in [0.2, 0.25) is 0 Å². The third-order valence-electron chi connectivity index (χ3n) is 2.68. The van der Waals surface area contributed by atoms with Gasteiger partial charge in [0.1, 0.15) is 11.6 Å². The van der Waals surface area contributed by atoms with Crippen molar-refractivity contribution in [2.75, 3.05) is 0 Å². The van der Waals surface area contributed by atoms with Crippen molar-refractivity contribution in [2.45, 2.75) is 6.61 Å². The molecule has 5 heteroatoms. The zero-order valence-corrected chi connectivity index (χ0v) is 10.5. The van der Waals surface area contributed by atoms with Gasteiger partial charge in [-0.05, 0) is 24.3 Å². The standard InChI is InChI=1S/C15H11FN2O2/c16-12-6-8-13(9-7-12)19-10-14-17-15(18-20-14)11-4-2-1-3-5-11/h1-9H,10H2. The molecule has 0 aliphatic rings. The smallest absolute Gasteiger partial charge is 0.264 e. The van der Waals surface area contributed by atoms with Gasteiger partial charge in [0.15, 0.2) is 6.61 Å². The Morgan fingerprint density at radius 3 is 2.50 bits per heavy atom. The van der Waals surface area contributed by atoms with E-state index in [1.165, 1.54) is 12.1 Å². The van der Waals surface area contributed by atoms with Gasteiger partial charge in [-0.3, -0.25) is 0 Å². The SMILES string of the molecule is Fc1ccc(OCc2nc(-c3ccccc3)no2)cc1. The molecule has 0 saturated heterocycles. The van der Waals surface area contributed by atoms with Crippen LogP contribution in [0.4, 0.5) is 4.39 Å². The summed E-state index contributed by atoms with van der Waals surface area (Å²) in [5.74, 6) is 1.13. The highest BCUT2D eigenvalue weighted by Gasteiger charge is 2.08. The lowest BCUT2D eigenvalue weighted by molar-refractivity contribution is 0.242. The van der Waals surface area contributed by atoms with E-state index in [0.29, 0.717) is 17.5 Å². The maximum Gasteiger partial charge on any atom is 0.264 e. The Bertz CT molecular complexity index is 681. The van der Waals surface area contributed by atoms with Crippen molar-refractivity contribution in [3.05, 3.63) is 66.3 Å². The summed E-state index contributed by atoms with van der Waals surface area (Å²) in [5.41, 5.74) is 0.879. The summed E-state index contributed by atoms with van der Waals surface area (Å²) in [5, 5.41) is 3.89. The highest BCUT2D eigenvalue weighted by molar-refractivity contribution is 5.53. The minimum atomic E-state index is -0.304. The number of hydrogen-bond acceptors (Lipinski definition) is 4. The summed E-state index contributed by atoms with van der Waals surface area (Å²) in [6, 6.07) is 15.3. The molecule has 0 saturated carbocycles. The molecular weight excluding hydrogens is 259 g/mol. The molecule has 0 amide bonds. The normalized spacial score (nSPS) is 10.4. The molecule has 0 N–H and O–H groups in total. The Kier molecular flexibility index (Phi) is 3.41. The van der Waals surface area contributed by atoms with Crippen LogP contribution in [-0.4, -0.2) is 10.1 Å². The molecule has 0 aliphatic heterocycles. The second-order valence-corrected chi connectivity index (χ2v) is 4.12. The quantitative estimate of drug-likeness (QED) is 0.728. The van der Waals surface area contributed by atoms with Gasteiger partial charge in [0.2, 0.25) is 5.82 Å². The average molecular weight is 270 g/mol. The molecule has 3 rings (SSSR count). The molecule has 3 aromatic rings. The van der Waals surface area contributed by atoms with Gasteiger partial charge in [0.05, 0.1) is 0 Å². The Balaban J connectivity index is 1.67. The largest absolute Gasteiger partial charge is 0.484 e. The van der Waals surface area contributed by atoms with Crippen LogP contribution in [-0.2, 0) is 6.61 Å². The third kappa shape index (κ3) is 2.83. The molecule has 1 heterocycles. The van der Waals surface area contributed by atoms with Crippen LogP contribution >= 0.6 is 0 Å². The van der Waals surface area contributed by atoms with Gasteiger partial charge in [-0.25, -0.2) is 4.39 Å². The fourth-order valence-electron chi connectivity index (χ4n) is 1.69. The molecule has 0 radical (unpaired) electrons. The van der Waals surface area contributed by atoms with Crippen molar-refractivity contribution in [1.82, 2.24) is 10.1 Å². The number of aromatic nitrogens is 2. The van der Waals surface area contributed by atoms with Crippen LogP contribution < -0.4 is 4.74 Å². The number of hydrogen-bond donors (Lipinski definition) is 0. The van der Waals surface area contributed by atoms with E-state index in [1.54, 1.807) is 12.1 Å². The first-order chi connectivity index (χ1) is 9.81. The fourth-order valence-corrected chi connectivity index (χ4v) is 1.69. The third-order valence-corrected chi connectivity index (χ3v) is 2.68. The molecule has 0 unspecified atom stereocenters. The summed E-state index contributed by atoms with van der Waals surface area (Å²) < 4.78 is 23.3. The molecule has 100 valence electrons. The van der Waals surface area contributed by atoms with E-state index in [4.69, 9.17) is 9.26 Å². The van der Waals surface area contributed by atoms with E-state index in [9.17, 15) is 4.39 Å². The summed E-state index contributed by atoms with van der Waals surface area (Å²) >= 11 is 0. The zero-order valence-electron chi connectivity index (χ0n) is 10.5. The van der Waals surface area contributed by atoms with Crippen molar-refractivity contribution in [1.29, 1.82) is 0 Å². The molecule has 0 bridgehead atoms. The van der Waals surface area contributed by atoms with Gasteiger partial charge < -0.3 is 9.26 Å². The fraction of sp³-hybridized carbons (Fsp3) is 0.0667. The highest BCUT2D eigenvalue weighted by Crippen LogP contribution is 2.16. The topological polar surface area (TPSA) is 48.2 Å². The van der Waals surface area contributed by atoms with Gasteiger partial charge >= 0.3 is 0 Å². The molecule has 0 fully saturated rings. The van der Waals surface area contributed by atoms with E-state index in [2.05, 4.69) is 10.1 Å². The maximum atomic E-state index is 12.7. The van der Waals surface area contributed by atoms with Crippen LogP contribution in [0, 0.1) is 5.82 Å². The minimum absolute atomic E-state index is 0.144. The van der Waals surface area contributed by atoms with Gasteiger partial charge in [-0.15, -0.1) is 0 Å². The molecule has 1 aromatic heterocycles. The van der Waals surface area contributed by atoms with Gasteiger partial charge in [-0.2, -0.15) is 4.98 Å². The molecule has 2 aromatic carbocycles. The van der Waals surface area contributed by atoms with Gasteiger partial charge in [0.25, 0.3) is 5.89 Å². The summed E-state index contributed by atoms with van der Waals surface area (Å²) in [6.07, 6.45) is 0. The molecule has 0 spiro atoms. The van der Waals surface area contributed by atoms with Crippen LogP contribution in [0.25, 0.3) is 11.4 Å². The van der Waals surface area contributed by atoms with Crippen molar-refractivity contribution >= 4 is 0 Å².